The lowest BCUT2D eigenvalue weighted by Gasteiger charge is -1.96. The molecule has 0 fully saturated rings. The zero-order valence-electron chi connectivity index (χ0n) is 5.36. The van der Waals surface area contributed by atoms with Crippen LogP contribution in [-0.4, -0.2) is 6.29 Å². The van der Waals surface area contributed by atoms with Gasteiger partial charge in [-0.3, -0.25) is 0 Å². The summed E-state index contributed by atoms with van der Waals surface area (Å²) >= 11 is 2.27. The molecule has 2 heteroatoms. The minimum Gasteiger partial charge on any atom is -0.303 e. The molecule has 0 heterocycles. The standard InChI is InChI=1S/C7H9IO/c1-5-2-3-6(4-9)7(5)8/h4,6H,2-3H2,1H3. The Hall–Kier alpha value is 0.140. The molecule has 9 heavy (non-hydrogen) atoms. The molecule has 50 valence electrons. The first-order chi connectivity index (χ1) is 4.25. The van der Waals surface area contributed by atoms with Crippen molar-refractivity contribution >= 4 is 28.9 Å². The first kappa shape index (κ1) is 7.25. The SMILES string of the molecule is CC1=C(I)C(C=O)CC1. The topological polar surface area (TPSA) is 17.1 Å². The van der Waals surface area contributed by atoms with Crippen molar-refractivity contribution in [3.05, 3.63) is 9.15 Å². The molecule has 0 bridgehead atoms. The quantitative estimate of drug-likeness (QED) is 0.504. The highest BCUT2D eigenvalue weighted by Crippen LogP contribution is 2.34. The molecule has 0 N–H and O–H groups in total. The van der Waals surface area contributed by atoms with Crippen molar-refractivity contribution in [1.29, 1.82) is 0 Å². The molecule has 0 saturated heterocycles. The van der Waals surface area contributed by atoms with Gasteiger partial charge in [0.1, 0.15) is 6.29 Å². The smallest absolute Gasteiger partial charge is 0.127 e. The van der Waals surface area contributed by atoms with Crippen molar-refractivity contribution in [2.45, 2.75) is 19.8 Å². The fraction of sp³-hybridized carbons (Fsp3) is 0.571. The van der Waals surface area contributed by atoms with Gasteiger partial charge in [0.15, 0.2) is 0 Å². The van der Waals surface area contributed by atoms with E-state index in [1.807, 2.05) is 0 Å². The molecule has 0 saturated carbocycles. The van der Waals surface area contributed by atoms with E-state index in [0.29, 0.717) is 0 Å². The van der Waals surface area contributed by atoms with Gasteiger partial charge >= 0.3 is 0 Å². The van der Waals surface area contributed by atoms with E-state index in [1.54, 1.807) is 0 Å². The van der Waals surface area contributed by atoms with E-state index in [9.17, 15) is 4.79 Å². The van der Waals surface area contributed by atoms with Crippen molar-refractivity contribution in [1.82, 2.24) is 0 Å². The minimum atomic E-state index is 0.227. The van der Waals surface area contributed by atoms with Crippen LogP contribution in [0.5, 0.6) is 0 Å². The lowest BCUT2D eigenvalue weighted by Crippen LogP contribution is -1.94. The Bertz CT molecular complexity index is 160. The summed E-state index contributed by atoms with van der Waals surface area (Å²) in [5.41, 5.74) is 1.40. The van der Waals surface area contributed by atoms with Gasteiger partial charge in [-0.15, -0.1) is 0 Å². The number of hydrogen-bond acceptors (Lipinski definition) is 1. The third-order valence-corrected chi connectivity index (χ3v) is 3.45. The molecule has 1 aliphatic carbocycles. The molecular weight excluding hydrogens is 227 g/mol. The number of carbonyl (C=O) groups excluding carboxylic acids is 1. The van der Waals surface area contributed by atoms with E-state index in [1.165, 1.54) is 9.15 Å². The van der Waals surface area contributed by atoms with E-state index in [4.69, 9.17) is 0 Å². The van der Waals surface area contributed by atoms with E-state index >= 15 is 0 Å². The minimum absolute atomic E-state index is 0.227. The molecule has 0 radical (unpaired) electrons. The highest BCUT2D eigenvalue weighted by atomic mass is 127. The highest BCUT2D eigenvalue weighted by Gasteiger charge is 2.19. The van der Waals surface area contributed by atoms with Crippen LogP contribution in [0.2, 0.25) is 0 Å². The normalized spacial score (nSPS) is 27.1. The molecular formula is C7H9IO. The molecule has 0 aromatic rings. The van der Waals surface area contributed by atoms with Gasteiger partial charge in [0.25, 0.3) is 0 Å². The van der Waals surface area contributed by atoms with Gasteiger partial charge in [-0.1, -0.05) is 5.57 Å². The Morgan fingerprint density at radius 2 is 2.44 bits per heavy atom. The van der Waals surface area contributed by atoms with Gasteiger partial charge in [-0.25, -0.2) is 0 Å². The van der Waals surface area contributed by atoms with Gasteiger partial charge in [0.05, 0.1) is 0 Å². The summed E-state index contributed by atoms with van der Waals surface area (Å²) < 4.78 is 1.27. The number of hydrogen-bond donors (Lipinski definition) is 0. The maximum absolute atomic E-state index is 10.3. The maximum Gasteiger partial charge on any atom is 0.127 e. The summed E-state index contributed by atoms with van der Waals surface area (Å²) in [6, 6.07) is 0. The van der Waals surface area contributed by atoms with Gasteiger partial charge in [0, 0.05) is 5.92 Å². The Kier molecular flexibility index (Phi) is 2.27. The van der Waals surface area contributed by atoms with E-state index in [2.05, 4.69) is 29.5 Å². The van der Waals surface area contributed by atoms with Crippen LogP contribution in [-0.2, 0) is 4.79 Å². The average molecular weight is 236 g/mol. The third kappa shape index (κ3) is 1.34. The number of carbonyl (C=O) groups is 1. The number of aldehydes is 1. The molecule has 1 nitrogen and oxygen atoms in total. The summed E-state index contributed by atoms with van der Waals surface area (Å²) in [5, 5.41) is 0. The Balaban J connectivity index is 2.74. The van der Waals surface area contributed by atoms with Crippen LogP contribution in [0.15, 0.2) is 9.15 Å². The molecule has 1 aliphatic rings. The van der Waals surface area contributed by atoms with Crippen molar-refractivity contribution in [2.24, 2.45) is 5.92 Å². The fourth-order valence-electron chi connectivity index (χ4n) is 1.06. The Labute approximate surface area is 68.7 Å². The molecule has 1 unspecified atom stereocenters. The molecule has 0 aromatic carbocycles. The first-order valence-electron chi connectivity index (χ1n) is 3.06. The van der Waals surface area contributed by atoms with Crippen LogP contribution in [0.4, 0.5) is 0 Å². The molecule has 0 spiro atoms. The summed E-state index contributed by atoms with van der Waals surface area (Å²) in [4.78, 5) is 10.3. The Morgan fingerprint density at radius 1 is 1.78 bits per heavy atom. The van der Waals surface area contributed by atoms with Crippen molar-refractivity contribution in [2.75, 3.05) is 0 Å². The van der Waals surface area contributed by atoms with Crippen LogP contribution in [0.1, 0.15) is 19.8 Å². The lowest BCUT2D eigenvalue weighted by atomic mass is 10.2. The number of rotatable bonds is 1. The lowest BCUT2D eigenvalue weighted by molar-refractivity contribution is -0.109. The van der Waals surface area contributed by atoms with Crippen molar-refractivity contribution in [3.63, 3.8) is 0 Å². The second-order valence-electron chi connectivity index (χ2n) is 2.41. The predicted octanol–water partition coefficient (Wildman–Crippen LogP) is 2.30. The van der Waals surface area contributed by atoms with Gasteiger partial charge in [-0.2, -0.15) is 0 Å². The second kappa shape index (κ2) is 2.82. The fourth-order valence-corrected chi connectivity index (χ4v) is 1.79. The third-order valence-electron chi connectivity index (χ3n) is 1.73. The maximum atomic E-state index is 10.3. The van der Waals surface area contributed by atoms with E-state index in [0.717, 1.165) is 19.1 Å². The van der Waals surface area contributed by atoms with Gasteiger partial charge < -0.3 is 4.79 Å². The van der Waals surface area contributed by atoms with Crippen LogP contribution >= 0.6 is 22.6 Å². The van der Waals surface area contributed by atoms with Crippen LogP contribution < -0.4 is 0 Å². The zero-order valence-corrected chi connectivity index (χ0v) is 7.51. The number of halogens is 1. The predicted molar refractivity (Wildman–Crippen MR) is 45.5 cm³/mol. The van der Waals surface area contributed by atoms with Crippen LogP contribution in [0.25, 0.3) is 0 Å². The molecule has 0 aliphatic heterocycles. The molecule has 0 aromatic heterocycles. The average Bonchev–Trinajstić information content (AvgIpc) is 2.15. The van der Waals surface area contributed by atoms with Gasteiger partial charge in [0.2, 0.25) is 0 Å². The number of allylic oxidation sites excluding steroid dienone is 2. The van der Waals surface area contributed by atoms with Crippen LogP contribution in [0.3, 0.4) is 0 Å². The monoisotopic (exact) mass is 236 g/mol. The van der Waals surface area contributed by atoms with Crippen molar-refractivity contribution < 1.29 is 4.79 Å². The Morgan fingerprint density at radius 3 is 2.67 bits per heavy atom. The van der Waals surface area contributed by atoms with Gasteiger partial charge in [-0.05, 0) is 45.9 Å². The molecule has 1 rings (SSSR count). The summed E-state index contributed by atoms with van der Waals surface area (Å²) in [6.45, 7) is 2.10. The highest BCUT2D eigenvalue weighted by molar-refractivity contribution is 14.1. The zero-order chi connectivity index (χ0) is 6.85. The summed E-state index contributed by atoms with van der Waals surface area (Å²) in [7, 11) is 0. The molecule has 1 atom stereocenters. The van der Waals surface area contributed by atoms with Crippen LogP contribution in [0, 0.1) is 5.92 Å². The van der Waals surface area contributed by atoms with E-state index in [-0.39, 0.29) is 5.92 Å². The van der Waals surface area contributed by atoms with Crippen molar-refractivity contribution in [3.8, 4) is 0 Å². The van der Waals surface area contributed by atoms with E-state index < -0.39 is 0 Å². The summed E-state index contributed by atoms with van der Waals surface area (Å²) in [6.07, 6.45) is 3.20. The second-order valence-corrected chi connectivity index (χ2v) is 3.57. The summed E-state index contributed by atoms with van der Waals surface area (Å²) in [5.74, 6) is 0.227. The largest absolute Gasteiger partial charge is 0.303 e. The first-order valence-corrected chi connectivity index (χ1v) is 4.14. The molecule has 0 amide bonds.